The van der Waals surface area contributed by atoms with E-state index in [0.717, 1.165) is 17.7 Å². The predicted octanol–water partition coefficient (Wildman–Crippen LogP) is 2.97. The third-order valence-electron chi connectivity index (χ3n) is 3.22. The minimum absolute atomic E-state index is 0.00605. The number of pyridine rings is 1. The first-order chi connectivity index (χ1) is 9.79. The fourth-order valence-electron chi connectivity index (χ4n) is 2.18. The monoisotopic (exact) mass is 271 g/mol. The van der Waals surface area contributed by atoms with Crippen molar-refractivity contribution in [3.8, 4) is 0 Å². The molecule has 1 aromatic heterocycles. The van der Waals surface area contributed by atoms with E-state index in [2.05, 4.69) is 36.2 Å². The van der Waals surface area contributed by atoms with Gasteiger partial charge in [-0.25, -0.2) is 0 Å². The van der Waals surface area contributed by atoms with Gasteiger partial charge in [0.05, 0.1) is 18.9 Å². The Balaban J connectivity index is 1.78. The lowest BCUT2D eigenvalue weighted by Gasteiger charge is -2.13. The topological polar surface area (TPSA) is 42.4 Å². The molecule has 0 aliphatic heterocycles. The Bertz CT molecular complexity index is 513. The second kappa shape index (κ2) is 7.78. The van der Waals surface area contributed by atoms with E-state index in [4.69, 9.17) is 4.74 Å². The van der Waals surface area contributed by atoms with Gasteiger partial charge in [-0.1, -0.05) is 43.3 Å². The fraction of sp³-hybridized carbons (Fsp3) is 0.353. The molecule has 0 amide bonds. The van der Waals surface area contributed by atoms with Crippen LogP contribution >= 0.6 is 0 Å². The minimum Gasteiger partial charge on any atom is -0.392 e. The first kappa shape index (κ1) is 14.7. The maximum atomic E-state index is 9.23. The Morgan fingerprint density at radius 2 is 1.95 bits per heavy atom. The molecule has 0 unspecified atom stereocenters. The standard InChI is InChI=1S/C17H21NO2/c1-14(10-15-6-3-2-4-7-15)12-20-13-17-16(11-19)8-5-9-18-17/h2-9,14,19H,10-13H2,1H3/t14-/m1/s1. The first-order valence-electron chi connectivity index (χ1n) is 6.95. The number of aromatic nitrogens is 1. The molecule has 106 valence electrons. The molecule has 20 heavy (non-hydrogen) atoms. The van der Waals surface area contributed by atoms with Gasteiger partial charge in [-0.2, -0.15) is 0 Å². The molecule has 1 atom stereocenters. The highest BCUT2D eigenvalue weighted by Crippen LogP contribution is 2.11. The maximum Gasteiger partial charge on any atom is 0.0891 e. The SMILES string of the molecule is C[C@@H](COCc1ncccc1CO)Cc1ccccc1. The van der Waals surface area contributed by atoms with Gasteiger partial charge in [0, 0.05) is 18.4 Å². The van der Waals surface area contributed by atoms with E-state index in [1.54, 1.807) is 6.20 Å². The quantitative estimate of drug-likeness (QED) is 0.842. The van der Waals surface area contributed by atoms with Crippen molar-refractivity contribution in [2.45, 2.75) is 26.6 Å². The van der Waals surface area contributed by atoms with Gasteiger partial charge >= 0.3 is 0 Å². The van der Waals surface area contributed by atoms with Crippen molar-refractivity contribution in [1.82, 2.24) is 4.98 Å². The summed E-state index contributed by atoms with van der Waals surface area (Å²) in [6.45, 7) is 3.33. The molecule has 0 aliphatic carbocycles. The van der Waals surface area contributed by atoms with Crippen molar-refractivity contribution in [3.05, 3.63) is 65.5 Å². The average molecular weight is 271 g/mol. The van der Waals surface area contributed by atoms with E-state index >= 15 is 0 Å². The van der Waals surface area contributed by atoms with Crippen LogP contribution in [0.1, 0.15) is 23.7 Å². The maximum absolute atomic E-state index is 9.23. The van der Waals surface area contributed by atoms with Gasteiger partial charge in [0.15, 0.2) is 0 Å². The molecule has 1 heterocycles. The molecule has 3 nitrogen and oxygen atoms in total. The first-order valence-corrected chi connectivity index (χ1v) is 6.95. The van der Waals surface area contributed by atoms with Crippen molar-refractivity contribution in [1.29, 1.82) is 0 Å². The summed E-state index contributed by atoms with van der Waals surface area (Å²) in [4.78, 5) is 4.25. The summed E-state index contributed by atoms with van der Waals surface area (Å²) >= 11 is 0. The average Bonchev–Trinajstić information content (AvgIpc) is 2.49. The van der Waals surface area contributed by atoms with E-state index in [0.29, 0.717) is 19.1 Å². The smallest absolute Gasteiger partial charge is 0.0891 e. The zero-order chi connectivity index (χ0) is 14.2. The molecule has 3 heteroatoms. The van der Waals surface area contributed by atoms with Crippen molar-refractivity contribution < 1.29 is 9.84 Å². The van der Waals surface area contributed by atoms with Crippen LogP contribution in [0.5, 0.6) is 0 Å². The summed E-state index contributed by atoms with van der Waals surface area (Å²) in [6, 6.07) is 14.1. The van der Waals surface area contributed by atoms with E-state index in [1.807, 2.05) is 18.2 Å². The second-order valence-electron chi connectivity index (χ2n) is 5.08. The highest BCUT2D eigenvalue weighted by molar-refractivity contribution is 5.18. The van der Waals surface area contributed by atoms with Crippen LogP contribution in [-0.2, 0) is 24.4 Å². The van der Waals surface area contributed by atoms with Crippen LogP contribution in [0.15, 0.2) is 48.7 Å². The fourth-order valence-corrected chi connectivity index (χ4v) is 2.18. The molecular formula is C17H21NO2. The van der Waals surface area contributed by atoms with Gasteiger partial charge in [0.2, 0.25) is 0 Å². The highest BCUT2D eigenvalue weighted by atomic mass is 16.5. The Hall–Kier alpha value is -1.71. The van der Waals surface area contributed by atoms with E-state index in [9.17, 15) is 5.11 Å². The zero-order valence-electron chi connectivity index (χ0n) is 11.8. The molecule has 2 rings (SSSR count). The molecule has 0 fully saturated rings. The van der Waals surface area contributed by atoms with Crippen molar-refractivity contribution in [2.24, 2.45) is 5.92 Å². The summed E-state index contributed by atoms with van der Waals surface area (Å²) in [7, 11) is 0. The molecule has 0 radical (unpaired) electrons. The van der Waals surface area contributed by atoms with Crippen molar-refractivity contribution >= 4 is 0 Å². The van der Waals surface area contributed by atoms with Gasteiger partial charge in [-0.05, 0) is 24.0 Å². The lowest BCUT2D eigenvalue weighted by molar-refractivity contribution is 0.0885. The molecule has 1 aromatic carbocycles. The van der Waals surface area contributed by atoms with E-state index in [-0.39, 0.29) is 6.61 Å². The number of aliphatic hydroxyl groups is 1. The van der Waals surface area contributed by atoms with Crippen LogP contribution in [0.25, 0.3) is 0 Å². The Morgan fingerprint density at radius 1 is 1.15 bits per heavy atom. The number of rotatable bonds is 7. The van der Waals surface area contributed by atoms with Gasteiger partial charge in [-0.15, -0.1) is 0 Å². The van der Waals surface area contributed by atoms with Gasteiger partial charge < -0.3 is 9.84 Å². The van der Waals surface area contributed by atoms with E-state index in [1.165, 1.54) is 5.56 Å². The van der Waals surface area contributed by atoms with Crippen molar-refractivity contribution in [2.75, 3.05) is 6.61 Å². The molecule has 0 bridgehead atoms. The summed E-state index contributed by atoms with van der Waals surface area (Å²) in [6.07, 6.45) is 2.74. The normalized spacial score (nSPS) is 12.3. The zero-order valence-corrected chi connectivity index (χ0v) is 11.8. The third-order valence-corrected chi connectivity index (χ3v) is 3.22. The molecule has 1 N–H and O–H groups in total. The van der Waals surface area contributed by atoms with Crippen LogP contribution < -0.4 is 0 Å². The number of aliphatic hydroxyl groups excluding tert-OH is 1. The molecule has 2 aromatic rings. The lowest BCUT2D eigenvalue weighted by Crippen LogP contribution is -2.10. The Labute approximate surface area is 120 Å². The van der Waals surface area contributed by atoms with Gasteiger partial charge in [0.1, 0.15) is 0 Å². The van der Waals surface area contributed by atoms with Crippen LogP contribution in [0.3, 0.4) is 0 Å². The molecule has 0 aliphatic rings. The number of hydrogen-bond acceptors (Lipinski definition) is 3. The molecular weight excluding hydrogens is 250 g/mol. The summed E-state index contributed by atoms with van der Waals surface area (Å²) < 4.78 is 5.72. The molecule has 0 spiro atoms. The summed E-state index contributed by atoms with van der Waals surface area (Å²) in [5.41, 5.74) is 2.99. The molecule has 0 saturated carbocycles. The summed E-state index contributed by atoms with van der Waals surface area (Å²) in [5, 5.41) is 9.23. The number of hydrogen-bond donors (Lipinski definition) is 1. The van der Waals surface area contributed by atoms with Crippen molar-refractivity contribution in [3.63, 3.8) is 0 Å². The third kappa shape index (κ3) is 4.44. The Morgan fingerprint density at radius 3 is 2.70 bits per heavy atom. The predicted molar refractivity (Wildman–Crippen MR) is 79.1 cm³/mol. The largest absolute Gasteiger partial charge is 0.392 e. The molecule has 0 saturated heterocycles. The van der Waals surface area contributed by atoms with E-state index < -0.39 is 0 Å². The summed E-state index contributed by atoms with van der Waals surface area (Å²) in [5.74, 6) is 0.457. The van der Waals surface area contributed by atoms with Crippen LogP contribution in [0.4, 0.5) is 0 Å². The second-order valence-corrected chi connectivity index (χ2v) is 5.08. The van der Waals surface area contributed by atoms with Crippen LogP contribution in [-0.4, -0.2) is 16.7 Å². The van der Waals surface area contributed by atoms with Crippen LogP contribution in [0, 0.1) is 5.92 Å². The number of benzene rings is 1. The van der Waals surface area contributed by atoms with Gasteiger partial charge in [0.25, 0.3) is 0 Å². The highest BCUT2D eigenvalue weighted by Gasteiger charge is 2.06. The lowest BCUT2D eigenvalue weighted by atomic mass is 10.0. The van der Waals surface area contributed by atoms with Gasteiger partial charge in [-0.3, -0.25) is 4.98 Å². The number of nitrogens with zero attached hydrogens (tertiary/aromatic N) is 1. The number of ether oxygens (including phenoxy) is 1. The van der Waals surface area contributed by atoms with Crippen LogP contribution in [0.2, 0.25) is 0 Å². The minimum atomic E-state index is 0.00605. The Kier molecular flexibility index (Phi) is 5.71.